The van der Waals surface area contributed by atoms with Crippen LogP contribution in [0.15, 0.2) is 18.2 Å². The number of alkyl halides is 3. The van der Waals surface area contributed by atoms with Gasteiger partial charge in [-0.15, -0.1) is 10.2 Å². The number of hydrogen-bond acceptors (Lipinski definition) is 6. The van der Waals surface area contributed by atoms with Gasteiger partial charge in [-0.2, -0.15) is 13.2 Å². The molecule has 0 saturated carbocycles. The highest BCUT2D eigenvalue weighted by atomic mass is 32.1. The first-order valence-electron chi connectivity index (χ1n) is 9.94. The average Bonchev–Trinajstić information content (AvgIpc) is 2.98. The number of aryl methyl sites for hydroxylation is 1. The molecule has 8 nitrogen and oxygen atoms in total. The molecule has 0 spiro atoms. The maximum atomic E-state index is 12.8. The molecule has 1 aromatic heterocycles. The summed E-state index contributed by atoms with van der Waals surface area (Å²) in [7, 11) is 0. The van der Waals surface area contributed by atoms with Crippen LogP contribution in [-0.4, -0.2) is 53.2 Å². The van der Waals surface area contributed by atoms with Gasteiger partial charge in [0, 0.05) is 44.0 Å². The molecule has 3 heterocycles. The third-order valence-electron chi connectivity index (χ3n) is 5.19. The van der Waals surface area contributed by atoms with Crippen LogP contribution in [0.3, 0.4) is 0 Å². The van der Waals surface area contributed by atoms with Crippen molar-refractivity contribution >= 4 is 39.8 Å². The summed E-state index contributed by atoms with van der Waals surface area (Å²) in [6.07, 6.45) is -1.94. The number of urea groups is 1. The number of benzene rings is 1. The molecule has 3 amide bonds. The minimum atomic E-state index is -4.51. The van der Waals surface area contributed by atoms with Crippen LogP contribution in [0.5, 0.6) is 0 Å². The van der Waals surface area contributed by atoms with Crippen LogP contribution in [0.4, 0.5) is 34.5 Å². The largest absolute Gasteiger partial charge is 0.445 e. The first-order valence-corrected chi connectivity index (χ1v) is 10.8. The molecule has 0 atom stereocenters. The highest BCUT2D eigenvalue weighted by molar-refractivity contribution is 7.15. The molecule has 12 heteroatoms. The minimum absolute atomic E-state index is 0.0116. The maximum absolute atomic E-state index is 12.8. The molecule has 4 rings (SSSR count). The number of halogens is 3. The normalized spacial score (nSPS) is 17.5. The fourth-order valence-electron chi connectivity index (χ4n) is 3.62. The summed E-state index contributed by atoms with van der Waals surface area (Å²) in [6, 6.07) is 5.12. The first kappa shape index (κ1) is 21.3. The monoisotopic (exact) mass is 454 g/mol. The highest BCUT2D eigenvalue weighted by Gasteiger charge is 2.36. The van der Waals surface area contributed by atoms with Crippen molar-refractivity contribution in [3.8, 4) is 0 Å². The second-order valence-electron chi connectivity index (χ2n) is 7.42. The predicted molar refractivity (Wildman–Crippen MR) is 110 cm³/mol. The van der Waals surface area contributed by atoms with E-state index in [0.29, 0.717) is 56.0 Å². The number of fused-ring (bicyclic) bond motifs is 1. The van der Waals surface area contributed by atoms with Crippen LogP contribution in [0.2, 0.25) is 0 Å². The van der Waals surface area contributed by atoms with Gasteiger partial charge in [0.25, 0.3) is 0 Å². The van der Waals surface area contributed by atoms with Gasteiger partial charge < -0.3 is 20.4 Å². The Hall–Kier alpha value is -2.89. The molecule has 2 N–H and O–H groups in total. The molecule has 1 saturated heterocycles. The van der Waals surface area contributed by atoms with Gasteiger partial charge in [0.2, 0.25) is 16.0 Å². The lowest BCUT2D eigenvalue weighted by Gasteiger charge is -2.22. The van der Waals surface area contributed by atoms with Crippen molar-refractivity contribution in [2.75, 3.05) is 41.7 Å². The molecule has 2 aromatic rings. The van der Waals surface area contributed by atoms with Crippen LogP contribution < -0.4 is 15.5 Å². The Labute approximate surface area is 180 Å². The van der Waals surface area contributed by atoms with Crippen LogP contribution in [0.1, 0.15) is 29.8 Å². The third kappa shape index (κ3) is 5.06. The lowest BCUT2D eigenvalue weighted by Crippen LogP contribution is -2.38. The summed E-state index contributed by atoms with van der Waals surface area (Å²) in [4.78, 5) is 27.8. The number of carbonyl (C=O) groups excluding carboxylic acids is 2. The third-order valence-corrected chi connectivity index (χ3v) is 6.22. The number of carbonyl (C=O) groups is 2. The van der Waals surface area contributed by atoms with Gasteiger partial charge in [0.1, 0.15) is 0 Å². The fourth-order valence-corrected chi connectivity index (χ4v) is 4.39. The van der Waals surface area contributed by atoms with Crippen molar-refractivity contribution in [1.29, 1.82) is 0 Å². The SMILES string of the molecule is O=C1CCCc2cc(NC(=O)N3CCCN(c4nnc(C(F)(F)F)s4)CC3)ccc2N1. The van der Waals surface area contributed by atoms with Crippen molar-refractivity contribution in [2.24, 2.45) is 0 Å². The number of nitrogens with one attached hydrogen (secondary N) is 2. The van der Waals surface area contributed by atoms with E-state index in [0.717, 1.165) is 24.1 Å². The number of anilines is 3. The molecule has 31 heavy (non-hydrogen) atoms. The fraction of sp³-hybridized carbons (Fsp3) is 0.474. The molecule has 0 bridgehead atoms. The van der Waals surface area contributed by atoms with E-state index in [-0.39, 0.29) is 17.1 Å². The van der Waals surface area contributed by atoms with Gasteiger partial charge in [-0.3, -0.25) is 4.79 Å². The zero-order chi connectivity index (χ0) is 22.0. The van der Waals surface area contributed by atoms with E-state index >= 15 is 0 Å². The Balaban J connectivity index is 1.37. The van der Waals surface area contributed by atoms with E-state index in [9.17, 15) is 22.8 Å². The summed E-state index contributed by atoms with van der Waals surface area (Å²) < 4.78 is 38.3. The van der Waals surface area contributed by atoms with E-state index in [4.69, 9.17) is 0 Å². The Morgan fingerprint density at radius 1 is 1.10 bits per heavy atom. The minimum Gasteiger partial charge on any atom is -0.345 e. The first-order chi connectivity index (χ1) is 14.8. The van der Waals surface area contributed by atoms with E-state index in [1.165, 1.54) is 0 Å². The molecule has 2 aliphatic rings. The predicted octanol–water partition coefficient (Wildman–Crippen LogP) is 3.58. The molecule has 166 valence electrons. The summed E-state index contributed by atoms with van der Waals surface area (Å²) in [5, 5.41) is 11.9. The van der Waals surface area contributed by atoms with E-state index in [1.807, 2.05) is 6.07 Å². The van der Waals surface area contributed by atoms with E-state index in [1.54, 1.807) is 21.9 Å². The Bertz CT molecular complexity index is 980. The van der Waals surface area contributed by atoms with Crippen molar-refractivity contribution in [3.05, 3.63) is 28.8 Å². The van der Waals surface area contributed by atoms with Gasteiger partial charge in [-0.1, -0.05) is 11.3 Å². The number of amides is 3. The second-order valence-corrected chi connectivity index (χ2v) is 8.37. The van der Waals surface area contributed by atoms with Crippen molar-refractivity contribution in [1.82, 2.24) is 15.1 Å². The molecular weight excluding hydrogens is 433 g/mol. The van der Waals surface area contributed by atoms with Gasteiger partial charge in [0.15, 0.2) is 0 Å². The average molecular weight is 454 g/mol. The van der Waals surface area contributed by atoms with Gasteiger partial charge in [0.05, 0.1) is 0 Å². The van der Waals surface area contributed by atoms with E-state index in [2.05, 4.69) is 20.8 Å². The lowest BCUT2D eigenvalue weighted by molar-refractivity contribution is -0.138. The van der Waals surface area contributed by atoms with Crippen molar-refractivity contribution < 1.29 is 22.8 Å². The number of rotatable bonds is 2. The standard InChI is InChI=1S/C19H21F3N6O2S/c20-19(21,22)16-25-26-18(31-16)28-8-2-7-27(9-10-28)17(30)23-13-5-6-14-12(11-13)3-1-4-15(29)24-14/h5-6,11H,1-4,7-10H2,(H,23,30)(H,24,29). The molecule has 0 radical (unpaired) electrons. The Kier molecular flexibility index (Phi) is 5.99. The van der Waals surface area contributed by atoms with E-state index < -0.39 is 11.2 Å². The van der Waals surface area contributed by atoms with Crippen LogP contribution >= 0.6 is 11.3 Å². The molecule has 1 fully saturated rings. The maximum Gasteiger partial charge on any atom is 0.445 e. The quantitative estimate of drug-likeness (QED) is 0.724. The van der Waals surface area contributed by atoms with Crippen molar-refractivity contribution in [2.45, 2.75) is 31.9 Å². The molecule has 2 aliphatic heterocycles. The van der Waals surface area contributed by atoms with Crippen molar-refractivity contribution in [3.63, 3.8) is 0 Å². The highest BCUT2D eigenvalue weighted by Crippen LogP contribution is 2.34. The van der Waals surface area contributed by atoms with Crippen LogP contribution in [-0.2, 0) is 17.4 Å². The Morgan fingerprint density at radius 3 is 2.71 bits per heavy atom. The Morgan fingerprint density at radius 2 is 1.94 bits per heavy atom. The van der Waals surface area contributed by atoms with Crippen LogP contribution in [0.25, 0.3) is 0 Å². The van der Waals surface area contributed by atoms with Crippen LogP contribution in [0, 0.1) is 0 Å². The molecule has 0 aliphatic carbocycles. The summed E-state index contributed by atoms with van der Waals surface area (Å²) >= 11 is 0.512. The second kappa shape index (κ2) is 8.69. The molecule has 1 aromatic carbocycles. The smallest absolute Gasteiger partial charge is 0.345 e. The molecule has 0 unspecified atom stereocenters. The number of aromatic nitrogens is 2. The zero-order valence-corrected chi connectivity index (χ0v) is 17.4. The molecular formula is C19H21F3N6O2S. The van der Waals surface area contributed by atoms with Gasteiger partial charge in [-0.25, -0.2) is 4.79 Å². The lowest BCUT2D eigenvalue weighted by atomic mass is 10.1. The summed E-state index contributed by atoms with van der Waals surface area (Å²) in [6.45, 7) is 1.70. The summed E-state index contributed by atoms with van der Waals surface area (Å²) in [5.74, 6) is -0.0116. The van der Waals surface area contributed by atoms with Gasteiger partial charge in [-0.05, 0) is 43.0 Å². The summed E-state index contributed by atoms with van der Waals surface area (Å²) in [5.41, 5.74) is 2.38. The topological polar surface area (TPSA) is 90.5 Å². The number of hydrogen-bond donors (Lipinski definition) is 2. The van der Waals surface area contributed by atoms with Gasteiger partial charge >= 0.3 is 12.2 Å². The zero-order valence-electron chi connectivity index (χ0n) is 16.5. The number of nitrogens with zero attached hydrogens (tertiary/aromatic N) is 4.